The number of carboxylic acids is 1. The predicted octanol–water partition coefficient (Wildman–Crippen LogP) is 6.81. The molecule has 0 saturated carbocycles. The number of carbonyl (C=O) groups excluding carboxylic acids is 1. The minimum absolute atomic E-state index is 0.177. The zero-order chi connectivity index (χ0) is 32.8. The Morgan fingerprint density at radius 2 is 1.27 bits per heavy atom. The number of aromatic carboxylic acids is 1. The highest BCUT2D eigenvalue weighted by Crippen LogP contribution is 2.51. The molecule has 0 radical (unpaired) electrons. The Kier molecular flexibility index (Phi) is 9.73. The fourth-order valence-electron chi connectivity index (χ4n) is 4.42. The van der Waals surface area contributed by atoms with Crippen LogP contribution in [-0.4, -0.2) is 31.8 Å². The van der Waals surface area contributed by atoms with E-state index in [2.05, 4.69) is 0 Å². The highest BCUT2D eigenvalue weighted by Gasteiger charge is 2.42. The lowest BCUT2D eigenvalue weighted by molar-refractivity contribution is -0.397. The summed E-state index contributed by atoms with van der Waals surface area (Å²) in [6, 6.07) is 19.0. The molecule has 0 unspecified atom stereocenters. The van der Waals surface area contributed by atoms with Crippen molar-refractivity contribution in [3.05, 3.63) is 137 Å². The maximum absolute atomic E-state index is 13.5. The first-order valence-electron chi connectivity index (χ1n) is 13.0. The van der Waals surface area contributed by atoms with Gasteiger partial charge in [0.05, 0.1) is 24.6 Å². The topological polar surface area (TPSA) is 202 Å². The van der Waals surface area contributed by atoms with E-state index in [0.717, 1.165) is 6.07 Å². The van der Waals surface area contributed by atoms with Gasteiger partial charge in [-0.1, -0.05) is 78.5 Å². The number of benzene rings is 4. The Bertz CT molecular complexity index is 1830. The number of ether oxygens (including phenoxy) is 2. The van der Waals surface area contributed by atoms with Gasteiger partial charge >= 0.3 is 23.3 Å². The van der Waals surface area contributed by atoms with Gasteiger partial charge in [-0.05, 0) is 36.6 Å². The number of hydrogen-bond donors (Lipinski definition) is 1. The summed E-state index contributed by atoms with van der Waals surface area (Å²) in [5.41, 5.74) is -3.56. The van der Waals surface area contributed by atoms with Gasteiger partial charge in [0, 0.05) is 5.56 Å². The summed E-state index contributed by atoms with van der Waals surface area (Å²) >= 11 is 0.428. The SMILES string of the molecule is Cc1ccc(C(=O)O)c([N+](=O)[O-])c1Sc1c(C)c(OCc2ccccc2)c([N+](=O)[O-])c(C(=O)OCc2ccccc2)c1[N+](=O)[O-]. The van der Waals surface area contributed by atoms with Crippen LogP contribution < -0.4 is 4.74 Å². The third-order valence-electron chi connectivity index (χ3n) is 6.54. The van der Waals surface area contributed by atoms with Crippen LogP contribution in [0.5, 0.6) is 5.75 Å². The lowest BCUT2D eigenvalue weighted by Gasteiger charge is -2.17. The zero-order valence-electron chi connectivity index (χ0n) is 23.6. The summed E-state index contributed by atoms with van der Waals surface area (Å²) < 4.78 is 11.1. The molecule has 0 amide bonds. The maximum atomic E-state index is 13.5. The van der Waals surface area contributed by atoms with Gasteiger partial charge in [0.1, 0.15) is 18.8 Å². The summed E-state index contributed by atoms with van der Waals surface area (Å²) in [5.74, 6) is -3.52. The number of nitro benzene ring substituents is 3. The monoisotopic (exact) mass is 633 g/mol. The minimum Gasteiger partial charge on any atom is -0.482 e. The molecule has 0 saturated heterocycles. The van der Waals surface area contributed by atoms with Gasteiger partial charge in [-0.3, -0.25) is 30.3 Å². The summed E-state index contributed by atoms with van der Waals surface area (Å²) in [5, 5.41) is 46.8. The number of nitrogens with zero attached hydrogens (tertiary/aromatic N) is 3. The Morgan fingerprint density at radius 1 is 0.733 bits per heavy atom. The van der Waals surface area contributed by atoms with Crippen LogP contribution in [0.3, 0.4) is 0 Å². The third kappa shape index (κ3) is 6.88. The highest BCUT2D eigenvalue weighted by molar-refractivity contribution is 7.99. The molecular formula is C30H23N3O11S. The molecular weight excluding hydrogens is 610 g/mol. The molecule has 0 fully saturated rings. The van der Waals surface area contributed by atoms with E-state index in [4.69, 9.17) is 9.47 Å². The van der Waals surface area contributed by atoms with Crippen molar-refractivity contribution in [3.8, 4) is 5.75 Å². The van der Waals surface area contributed by atoms with Crippen molar-refractivity contribution in [2.24, 2.45) is 0 Å². The fourth-order valence-corrected chi connectivity index (χ4v) is 5.66. The molecule has 0 atom stereocenters. The van der Waals surface area contributed by atoms with E-state index in [1.807, 2.05) is 0 Å². The summed E-state index contributed by atoms with van der Waals surface area (Å²) in [4.78, 5) is 58.9. The Balaban J connectivity index is 2.01. The first kappa shape index (κ1) is 32.1. The van der Waals surface area contributed by atoms with Gasteiger partial charge < -0.3 is 14.6 Å². The van der Waals surface area contributed by atoms with Gasteiger partial charge in [0.15, 0.2) is 0 Å². The third-order valence-corrected chi connectivity index (χ3v) is 7.96. The van der Waals surface area contributed by atoms with E-state index in [1.165, 1.54) is 19.9 Å². The molecule has 45 heavy (non-hydrogen) atoms. The molecule has 0 bridgehead atoms. The molecule has 230 valence electrons. The maximum Gasteiger partial charge on any atom is 0.352 e. The minimum atomic E-state index is -1.62. The quantitative estimate of drug-likeness (QED) is 0.0970. The number of carboxylic acid groups (broad SMARTS) is 1. The van der Waals surface area contributed by atoms with Crippen LogP contribution in [0.4, 0.5) is 17.1 Å². The van der Waals surface area contributed by atoms with Crippen molar-refractivity contribution < 1.29 is 38.9 Å². The molecule has 0 spiro atoms. The average Bonchev–Trinajstić information content (AvgIpc) is 3.00. The van der Waals surface area contributed by atoms with E-state index >= 15 is 0 Å². The molecule has 0 aliphatic heterocycles. The van der Waals surface area contributed by atoms with Gasteiger partial charge in [-0.2, -0.15) is 0 Å². The van der Waals surface area contributed by atoms with Crippen molar-refractivity contribution >= 4 is 40.8 Å². The number of nitro groups is 3. The van der Waals surface area contributed by atoms with Crippen LogP contribution in [0, 0.1) is 44.2 Å². The number of esters is 1. The van der Waals surface area contributed by atoms with E-state index in [9.17, 15) is 45.0 Å². The van der Waals surface area contributed by atoms with E-state index in [1.54, 1.807) is 60.7 Å². The van der Waals surface area contributed by atoms with Crippen molar-refractivity contribution in [3.63, 3.8) is 0 Å². The first-order valence-corrected chi connectivity index (χ1v) is 13.8. The number of carbonyl (C=O) groups is 2. The second-order valence-electron chi connectivity index (χ2n) is 9.48. The van der Waals surface area contributed by atoms with Crippen LogP contribution in [0.1, 0.15) is 43.0 Å². The number of hydrogen-bond acceptors (Lipinski definition) is 11. The van der Waals surface area contributed by atoms with Crippen LogP contribution in [0.2, 0.25) is 0 Å². The van der Waals surface area contributed by atoms with Gasteiger partial charge in [-0.25, -0.2) is 9.59 Å². The van der Waals surface area contributed by atoms with Crippen LogP contribution in [-0.2, 0) is 18.0 Å². The van der Waals surface area contributed by atoms with Gasteiger partial charge in [0.25, 0.3) is 5.69 Å². The normalized spacial score (nSPS) is 10.6. The van der Waals surface area contributed by atoms with E-state index in [0.29, 0.717) is 22.9 Å². The van der Waals surface area contributed by atoms with Crippen LogP contribution in [0.15, 0.2) is 82.6 Å². The number of rotatable bonds is 12. The highest BCUT2D eigenvalue weighted by atomic mass is 32.2. The van der Waals surface area contributed by atoms with Crippen molar-refractivity contribution in [1.82, 2.24) is 0 Å². The summed E-state index contributed by atoms with van der Waals surface area (Å²) in [6.07, 6.45) is 0. The second-order valence-corrected chi connectivity index (χ2v) is 10.5. The smallest absolute Gasteiger partial charge is 0.352 e. The second kappa shape index (κ2) is 13.6. The van der Waals surface area contributed by atoms with Crippen molar-refractivity contribution in [2.75, 3.05) is 0 Å². The van der Waals surface area contributed by atoms with Crippen molar-refractivity contribution in [1.29, 1.82) is 0 Å². The van der Waals surface area contributed by atoms with E-state index < -0.39 is 65.5 Å². The summed E-state index contributed by atoms with van der Waals surface area (Å²) in [6.45, 7) is 2.08. The largest absolute Gasteiger partial charge is 0.482 e. The molecule has 0 aliphatic rings. The molecule has 1 N–H and O–H groups in total. The molecule has 15 heteroatoms. The predicted molar refractivity (Wildman–Crippen MR) is 160 cm³/mol. The molecule has 4 aromatic rings. The van der Waals surface area contributed by atoms with E-state index in [-0.39, 0.29) is 29.2 Å². The number of aryl methyl sites for hydroxylation is 1. The fraction of sp³-hybridized carbons (Fsp3) is 0.133. The molecule has 0 heterocycles. The lowest BCUT2D eigenvalue weighted by atomic mass is 10.0. The Labute approximate surface area is 258 Å². The lowest BCUT2D eigenvalue weighted by Crippen LogP contribution is -2.15. The van der Waals surface area contributed by atoms with Gasteiger partial charge in [0.2, 0.25) is 11.3 Å². The van der Waals surface area contributed by atoms with Crippen LogP contribution >= 0.6 is 11.8 Å². The molecule has 0 aromatic heterocycles. The molecule has 0 aliphatic carbocycles. The van der Waals surface area contributed by atoms with Crippen molar-refractivity contribution in [2.45, 2.75) is 36.9 Å². The summed E-state index contributed by atoms with van der Waals surface area (Å²) in [7, 11) is 0. The molecule has 4 rings (SSSR count). The zero-order valence-corrected chi connectivity index (χ0v) is 24.4. The molecule has 14 nitrogen and oxygen atoms in total. The average molecular weight is 634 g/mol. The molecule has 4 aromatic carbocycles. The first-order chi connectivity index (χ1) is 21.4. The van der Waals surface area contributed by atoms with Crippen LogP contribution in [0.25, 0.3) is 0 Å². The Morgan fingerprint density at radius 3 is 1.78 bits per heavy atom. The van der Waals surface area contributed by atoms with Gasteiger partial charge in [-0.15, -0.1) is 0 Å². The Hall–Kier alpha value is -5.83. The standard InChI is InChI=1S/C30H23N3O11S/c1-17-13-14-21(29(34)35)23(31(37)38)27(17)45-28-18(2)26(43-15-19-9-5-3-6-10-19)24(32(39)40)22(25(28)33(41)42)30(36)44-16-20-11-7-4-8-12-20/h3-14H,15-16H2,1-2H3,(H,34,35).